The Morgan fingerprint density at radius 3 is 2.91 bits per heavy atom. The van der Waals surface area contributed by atoms with Crippen molar-refractivity contribution in [1.82, 2.24) is 14.6 Å². The monoisotopic (exact) mass is 380 g/mol. The molecule has 8 heteroatoms. The minimum Gasteiger partial charge on any atom is -0.484 e. The van der Waals surface area contributed by atoms with Gasteiger partial charge in [-0.3, -0.25) is 9.20 Å². The van der Waals surface area contributed by atoms with Crippen LogP contribution in [0.15, 0.2) is 47.3 Å². The van der Waals surface area contributed by atoms with Gasteiger partial charge in [-0.2, -0.15) is 0 Å². The first-order valence-electron chi connectivity index (χ1n) is 6.29. The Bertz CT molecular complexity index is 819. The SMILES string of the molecule is O=C(COc1ccc(Cl)cc1)Nc1cc(Br)cn2cnnc12. The Labute approximate surface area is 139 Å². The van der Waals surface area contributed by atoms with Crippen LogP contribution in [0.25, 0.3) is 5.65 Å². The zero-order valence-corrected chi connectivity index (χ0v) is 13.5. The molecular formula is C14H10BrClN4O2. The first kappa shape index (κ1) is 14.8. The molecule has 0 radical (unpaired) electrons. The summed E-state index contributed by atoms with van der Waals surface area (Å²) in [7, 11) is 0. The lowest BCUT2D eigenvalue weighted by Gasteiger charge is -2.08. The zero-order chi connectivity index (χ0) is 15.5. The minimum absolute atomic E-state index is 0.117. The largest absolute Gasteiger partial charge is 0.484 e. The maximum absolute atomic E-state index is 12.0. The van der Waals surface area contributed by atoms with Crippen molar-refractivity contribution in [3.63, 3.8) is 0 Å². The highest BCUT2D eigenvalue weighted by molar-refractivity contribution is 9.10. The maximum Gasteiger partial charge on any atom is 0.262 e. The predicted octanol–water partition coefficient (Wildman–Crippen LogP) is 3.16. The summed E-state index contributed by atoms with van der Waals surface area (Å²) in [5, 5.41) is 11.1. The van der Waals surface area contributed by atoms with Gasteiger partial charge in [0.1, 0.15) is 12.1 Å². The Morgan fingerprint density at radius 1 is 1.36 bits per heavy atom. The molecule has 0 bridgehead atoms. The first-order chi connectivity index (χ1) is 10.6. The fourth-order valence-corrected chi connectivity index (χ4v) is 2.44. The van der Waals surface area contributed by atoms with E-state index in [0.717, 1.165) is 4.47 Å². The van der Waals surface area contributed by atoms with E-state index in [-0.39, 0.29) is 12.5 Å². The standard InChI is InChI=1S/C14H10BrClN4O2/c15-9-5-12(14-19-17-8-20(14)6-9)18-13(21)7-22-11-3-1-10(16)2-4-11/h1-6,8H,7H2,(H,18,21). The molecule has 1 N–H and O–H groups in total. The number of pyridine rings is 1. The minimum atomic E-state index is -0.294. The van der Waals surface area contributed by atoms with Gasteiger partial charge in [-0.05, 0) is 46.3 Å². The molecule has 0 fully saturated rings. The summed E-state index contributed by atoms with van der Waals surface area (Å²) in [5.74, 6) is 0.277. The highest BCUT2D eigenvalue weighted by atomic mass is 79.9. The molecule has 0 aliphatic heterocycles. The van der Waals surface area contributed by atoms with Crippen LogP contribution >= 0.6 is 27.5 Å². The number of fused-ring (bicyclic) bond motifs is 1. The third kappa shape index (κ3) is 3.37. The number of nitrogens with zero attached hydrogens (tertiary/aromatic N) is 3. The molecule has 0 atom stereocenters. The molecule has 3 rings (SSSR count). The summed E-state index contributed by atoms with van der Waals surface area (Å²) < 4.78 is 7.90. The van der Waals surface area contributed by atoms with Crippen LogP contribution in [-0.2, 0) is 4.79 Å². The van der Waals surface area contributed by atoms with E-state index >= 15 is 0 Å². The van der Waals surface area contributed by atoms with Crippen LogP contribution in [0.3, 0.4) is 0 Å². The Morgan fingerprint density at radius 2 is 2.14 bits per heavy atom. The van der Waals surface area contributed by atoms with E-state index in [2.05, 4.69) is 31.4 Å². The van der Waals surface area contributed by atoms with Gasteiger partial charge >= 0.3 is 0 Å². The number of halogens is 2. The Balaban J connectivity index is 1.68. The quantitative estimate of drug-likeness (QED) is 0.754. The van der Waals surface area contributed by atoms with E-state index in [0.29, 0.717) is 22.1 Å². The normalized spacial score (nSPS) is 10.6. The number of benzene rings is 1. The average Bonchev–Trinajstić information content (AvgIpc) is 2.95. The van der Waals surface area contributed by atoms with Crippen LogP contribution in [0.5, 0.6) is 5.75 Å². The summed E-state index contributed by atoms with van der Waals surface area (Å²) in [5.41, 5.74) is 1.11. The van der Waals surface area contributed by atoms with Gasteiger partial charge in [-0.1, -0.05) is 11.6 Å². The summed E-state index contributed by atoms with van der Waals surface area (Å²) in [4.78, 5) is 12.0. The topological polar surface area (TPSA) is 68.5 Å². The van der Waals surface area contributed by atoms with Crippen molar-refractivity contribution in [1.29, 1.82) is 0 Å². The fraction of sp³-hybridized carbons (Fsp3) is 0.0714. The maximum atomic E-state index is 12.0. The second kappa shape index (κ2) is 6.33. The van der Waals surface area contributed by atoms with Crippen molar-refractivity contribution in [2.45, 2.75) is 0 Å². The molecule has 0 unspecified atom stereocenters. The lowest BCUT2D eigenvalue weighted by Crippen LogP contribution is -2.20. The smallest absolute Gasteiger partial charge is 0.262 e. The molecule has 2 heterocycles. The molecule has 1 amide bonds. The number of ether oxygens (including phenoxy) is 1. The highest BCUT2D eigenvalue weighted by Crippen LogP contribution is 2.21. The third-order valence-corrected chi connectivity index (χ3v) is 3.50. The molecule has 22 heavy (non-hydrogen) atoms. The van der Waals surface area contributed by atoms with Crippen LogP contribution in [0.2, 0.25) is 5.02 Å². The summed E-state index contributed by atoms with van der Waals surface area (Å²) >= 11 is 9.16. The first-order valence-corrected chi connectivity index (χ1v) is 7.46. The van der Waals surface area contributed by atoms with Gasteiger partial charge in [0, 0.05) is 15.7 Å². The summed E-state index contributed by atoms with van der Waals surface area (Å²) in [6.07, 6.45) is 3.36. The predicted molar refractivity (Wildman–Crippen MR) is 86.3 cm³/mol. The van der Waals surface area contributed by atoms with Gasteiger partial charge < -0.3 is 10.1 Å². The number of hydrogen-bond donors (Lipinski definition) is 1. The third-order valence-electron chi connectivity index (χ3n) is 2.82. The van der Waals surface area contributed by atoms with Crippen LogP contribution < -0.4 is 10.1 Å². The van der Waals surface area contributed by atoms with Crippen LogP contribution in [0, 0.1) is 0 Å². The molecule has 0 saturated carbocycles. The van der Waals surface area contributed by atoms with Crippen LogP contribution in [-0.4, -0.2) is 27.1 Å². The Kier molecular flexibility index (Phi) is 4.26. The molecule has 0 spiro atoms. The molecule has 2 aromatic heterocycles. The van der Waals surface area contributed by atoms with E-state index < -0.39 is 0 Å². The second-order valence-electron chi connectivity index (χ2n) is 4.42. The Hall–Kier alpha value is -2.12. The van der Waals surface area contributed by atoms with E-state index in [1.54, 1.807) is 47.3 Å². The number of nitrogens with one attached hydrogen (secondary N) is 1. The van der Waals surface area contributed by atoms with Crippen LogP contribution in [0.4, 0.5) is 5.69 Å². The molecule has 0 aliphatic carbocycles. The van der Waals surface area contributed by atoms with Crippen molar-refractivity contribution in [2.24, 2.45) is 0 Å². The van der Waals surface area contributed by atoms with Gasteiger partial charge in [0.2, 0.25) is 0 Å². The highest BCUT2D eigenvalue weighted by Gasteiger charge is 2.10. The van der Waals surface area contributed by atoms with Gasteiger partial charge in [-0.25, -0.2) is 0 Å². The average molecular weight is 382 g/mol. The number of anilines is 1. The zero-order valence-electron chi connectivity index (χ0n) is 11.2. The summed E-state index contributed by atoms with van der Waals surface area (Å²) in [6.45, 7) is -0.117. The van der Waals surface area contributed by atoms with Crippen molar-refractivity contribution < 1.29 is 9.53 Å². The van der Waals surface area contributed by atoms with Gasteiger partial charge in [0.15, 0.2) is 12.3 Å². The molecular weight excluding hydrogens is 372 g/mol. The van der Waals surface area contributed by atoms with Crippen LogP contribution in [0.1, 0.15) is 0 Å². The summed E-state index contributed by atoms with van der Waals surface area (Å²) in [6, 6.07) is 8.55. The van der Waals surface area contributed by atoms with Crippen molar-refractivity contribution in [3.8, 4) is 5.75 Å². The van der Waals surface area contributed by atoms with E-state index in [1.165, 1.54) is 0 Å². The van der Waals surface area contributed by atoms with Gasteiger partial charge in [-0.15, -0.1) is 10.2 Å². The molecule has 112 valence electrons. The molecule has 1 aromatic carbocycles. The van der Waals surface area contributed by atoms with E-state index in [1.807, 2.05) is 0 Å². The number of aromatic nitrogens is 3. The fourth-order valence-electron chi connectivity index (χ4n) is 1.86. The van der Waals surface area contributed by atoms with E-state index in [9.17, 15) is 4.79 Å². The lowest BCUT2D eigenvalue weighted by atomic mass is 10.3. The molecule has 6 nitrogen and oxygen atoms in total. The molecule has 0 aliphatic rings. The van der Waals surface area contributed by atoms with Gasteiger partial charge in [0.05, 0.1) is 5.69 Å². The number of rotatable bonds is 4. The number of hydrogen-bond acceptors (Lipinski definition) is 4. The number of amides is 1. The van der Waals surface area contributed by atoms with Crippen molar-refractivity contribution >= 4 is 44.8 Å². The van der Waals surface area contributed by atoms with E-state index in [4.69, 9.17) is 16.3 Å². The van der Waals surface area contributed by atoms with Crippen molar-refractivity contribution in [3.05, 3.63) is 52.4 Å². The second-order valence-corrected chi connectivity index (χ2v) is 5.78. The molecule has 0 saturated heterocycles. The van der Waals surface area contributed by atoms with Gasteiger partial charge in [0.25, 0.3) is 5.91 Å². The number of carbonyl (C=O) groups excluding carboxylic acids is 1. The number of carbonyl (C=O) groups is 1. The molecule has 3 aromatic rings. The van der Waals surface area contributed by atoms with Crippen molar-refractivity contribution in [2.75, 3.05) is 11.9 Å². The lowest BCUT2D eigenvalue weighted by molar-refractivity contribution is -0.118.